The Morgan fingerprint density at radius 1 is 1.02 bits per heavy atom. The SMILES string of the molecule is CCCS(=O)(=O)N(CCC(C)C)CC(=O)N(Cc1ccccc1C)C1CCN(C(=O)Nc2ccc(C)cc2)CC1. The van der Waals surface area contributed by atoms with E-state index in [4.69, 9.17) is 0 Å². The van der Waals surface area contributed by atoms with Gasteiger partial charge in [-0.15, -0.1) is 0 Å². The summed E-state index contributed by atoms with van der Waals surface area (Å²) in [6, 6.07) is 15.4. The molecule has 1 fully saturated rings. The molecule has 3 rings (SSSR count). The molecule has 0 aliphatic carbocycles. The third-order valence-electron chi connectivity index (χ3n) is 7.54. The third-order valence-corrected chi connectivity index (χ3v) is 9.56. The Labute approximate surface area is 240 Å². The highest BCUT2D eigenvalue weighted by Crippen LogP contribution is 2.23. The third kappa shape index (κ3) is 9.06. The largest absolute Gasteiger partial charge is 0.334 e. The van der Waals surface area contributed by atoms with E-state index in [1.54, 1.807) is 4.90 Å². The molecule has 1 aliphatic heterocycles. The predicted octanol–water partition coefficient (Wildman–Crippen LogP) is 5.42. The van der Waals surface area contributed by atoms with E-state index in [9.17, 15) is 18.0 Å². The highest BCUT2D eigenvalue weighted by Gasteiger charge is 2.33. The summed E-state index contributed by atoms with van der Waals surface area (Å²) in [7, 11) is -3.54. The van der Waals surface area contributed by atoms with Crippen molar-refractivity contribution in [1.29, 1.82) is 0 Å². The first-order valence-electron chi connectivity index (χ1n) is 14.4. The zero-order chi connectivity index (χ0) is 29.3. The van der Waals surface area contributed by atoms with Gasteiger partial charge in [0, 0.05) is 37.9 Å². The van der Waals surface area contributed by atoms with Crippen molar-refractivity contribution in [2.45, 2.75) is 72.9 Å². The molecule has 1 aliphatic rings. The van der Waals surface area contributed by atoms with Crippen LogP contribution in [0, 0.1) is 19.8 Å². The van der Waals surface area contributed by atoms with Crippen molar-refractivity contribution in [3.63, 3.8) is 0 Å². The predicted molar refractivity (Wildman–Crippen MR) is 162 cm³/mol. The van der Waals surface area contributed by atoms with Gasteiger partial charge in [-0.1, -0.05) is 62.7 Å². The summed E-state index contributed by atoms with van der Waals surface area (Å²) >= 11 is 0. The van der Waals surface area contributed by atoms with Crippen LogP contribution < -0.4 is 5.32 Å². The molecule has 1 N–H and O–H groups in total. The van der Waals surface area contributed by atoms with Crippen molar-refractivity contribution in [3.8, 4) is 0 Å². The molecule has 0 unspecified atom stereocenters. The van der Waals surface area contributed by atoms with E-state index in [0.717, 1.165) is 22.4 Å². The molecule has 0 aromatic heterocycles. The molecule has 0 radical (unpaired) electrons. The Morgan fingerprint density at radius 2 is 1.68 bits per heavy atom. The maximum Gasteiger partial charge on any atom is 0.321 e. The van der Waals surface area contributed by atoms with E-state index >= 15 is 0 Å². The summed E-state index contributed by atoms with van der Waals surface area (Å²) in [4.78, 5) is 30.4. The number of likely N-dealkylation sites (tertiary alicyclic amines) is 1. The molecule has 9 heteroatoms. The molecule has 8 nitrogen and oxygen atoms in total. The summed E-state index contributed by atoms with van der Waals surface area (Å²) in [6.07, 6.45) is 2.46. The van der Waals surface area contributed by atoms with E-state index in [0.29, 0.717) is 57.8 Å². The van der Waals surface area contributed by atoms with Crippen LogP contribution in [0.1, 0.15) is 63.1 Å². The monoisotopic (exact) mass is 570 g/mol. The van der Waals surface area contributed by atoms with E-state index in [1.165, 1.54) is 4.31 Å². The standard InChI is InChI=1S/C31H46N4O4S/c1-6-21-40(38,39)34(20-15-24(2)3)23-30(36)35(22-27-10-8-7-9-26(27)5)29-16-18-33(19-17-29)31(37)32-28-13-11-25(4)12-14-28/h7-14,24,29H,6,15-23H2,1-5H3,(H,32,37). The number of carbonyl (C=O) groups excluding carboxylic acids is 2. The number of hydrogen-bond donors (Lipinski definition) is 1. The number of nitrogens with zero attached hydrogens (tertiary/aromatic N) is 3. The number of aryl methyl sites for hydroxylation is 2. The highest BCUT2D eigenvalue weighted by molar-refractivity contribution is 7.89. The molecule has 2 aromatic rings. The van der Waals surface area contributed by atoms with Gasteiger partial charge in [-0.25, -0.2) is 13.2 Å². The van der Waals surface area contributed by atoms with Crippen LogP contribution in [0.2, 0.25) is 0 Å². The first-order valence-corrected chi connectivity index (χ1v) is 16.1. The Kier molecular flexibility index (Phi) is 11.6. The molecule has 1 saturated heterocycles. The van der Waals surface area contributed by atoms with Gasteiger partial charge >= 0.3 is 6.03 Å². The van der Waals surface area contributed by atoms with Crippen molar-refractivity contribution in [2.24, 2.45) is 5.92 Å². The quantitative estimate of drug-likeness (QED) is 0.369. The lowest BCUT2D eigenvalue weighted by Crippen LogP contribution is -2.52. The van der Waals surface area contributed by atoms with E-state index < -0.39 is 10.0 Å². The number of nitrogens with one attached hydrogen (secondary N) is 1. The number of amides is 3. The smallest absolute Gasteiger partial charge is 0.321 e. The van der Waals surface area contributed by atoms with Gasteiger partial charge < -0.3 is 15.1 Å². The number of hydrogen-bond acceptors (Lipinski definition) is 4. The fraction of sp³-hybridized carbons (Fsp3) is 0.548. The van der Waals surface area contributed by atoms with E-state index in [-0.39, 0.29) is 30.3 Å². The van der Waals surface area contributed by atoms with Crippen molar-refractivity contribution in [2.75, 3.05) is 37.2 Å². The minimum atomic E-state index is -3.54. The molecule has 40 heavy (non-hydrogen) atoms. The lowest BCUT2D eigenvalue weighted by Gasteiger charge is -2.39. The maximum atomic E-state index is 13.9. The lowest BCUT2D eigenvalue weighted by atomic mass is 10.0. The number of piperidine rings is 1. The van der Waals surface area contributed by atoms with Gasteiger partial charge in [-0.3, -0.25) is 4.79 Å². The summed E-state index contributed by atoms with van der Waals surface area (Å²) in [5, 5.41) is 2.96. The van der Waals surface area contributed by atoms with Crippen LogP contribution in [0.25, 0.3) is 0 Å². The van der Waals surface area contributed by atoms with Gasteiger partial charge in [0.1, 0.15) is 0 Å². The molecular weight excluding hydrogens is 524 g/mol. The van der Waals surface area contributed by atoms with E-state index in [2.05, 4.69) is 19.2 Å². The highest BCUT2D eigenvalue weighted by atomic mass is 32.2. The van der Waals surface area contributed by atoms with Crippen LogP contribution in [0.5, 0.6) is 0 Å². The fourth-order valence-electron chi connectivity index (χ4n) is 4.96. The van der Waals surface area contributed by atoms with Gasteiger partial charge in [-0.05, 0) is 68.7 Å². The van der Waals surface area contributed by atoms with Gasteiger partial charge in [0.05, 0.1) is 12.3 Å². The minimum absolute atomic E-state index is 0.0324. The Hall–Kier alpha value is -2.91. The molecule has 220 valence electrons. The second-order valence-corrected chi connectivity index (χ2v) is 13.4. The summed E-state index contributed by atoms with van der Waals surface area (Å²) in [6.45, 7) is 11.6. The van der Waals surface area contributed by atoms with Crippen LogP contribution in [-0.4, -0.2) is 72.4 Å². The van der Waals surface area contributed by atoms with Crippen LogP contribution in [0.3, 0.4) is 0 Å². The summed E-state index contributed by atoms with van der Waals surface area (Å²) in [5.74, 6) is 0.173. The van der Waals surface area contributed by atoms with Crippen LogP contribution >= 0.6 is 0 Å². The van der Waals surface area contributed by atoms with Gasteiger partial charge in [0.15, 0.2) is 0 Å². The Balaban J connectivity index is 1.75. The number of rotatable bonds is 12. The van der Waals surface area contributed by atoms with Crippen molar-refractivity contribution in [1.82, 2.24) is 14.1 Å². The second-order valence-electron chi connectivity index (χ2n) is 11.3. The van der Waals surface area contributed by atoms with Crippen LogP contribution in [0.4, 0.5) is 10.5 Å². The van der Waals surface area contributed by atoms with E-state index in [1.807, 2.05) is 74.2 Å². The fourth-order valence-corrected chi connectivity index (χ4v) is 6.42. The average molecular weight is 571 g/mol. The van der Waals surface area contributed by atoms with Gasteiger partial charge in [-0.2, -0.15) is 4.31 Å². The molecule has 0 bridgehead atoms. The number of carbonyl (C=O) groups is 2. The first kappa shape index (κ1) is 31.6. The van der Waals surface area contributed by atoms with Gasteiger partial charge in [0.2, 0.25) is 15.9 Å². The molecular formula is C31H46N4O4S. The molecule has 3 amide bonds. The van der Waals surface area contributed by atoms with Crippen molar-refractivity contribution >= 4 is 27.6 Å². The minimum Gasteiger partial charge on any atom is -0.334 e. The normalized spacial score (nSPS) is 14.5. The van der Waals surface area contributed by atoms with Gasteiger partial charge in [0.25, 0.3) is 0 Å². The topological polar surface area (TPSA) is 90.0 Å². The molecule has 0 saturated carbocycles. The molecule has 0 atom stereocenters. The van der Waals surface area contributed by atoms with Crippen LogP contribution in [-0.2, 0) is 21.4 Å². The zero-order valence-corrected chi connectivity index (χ0v) is 25.5. The Morgan fingerprint density at radius 3 is 2.27 bits per heavy atom. The van der Waals surface area contributed by atoms with Crippen LogP contribution in [0.15, 0.2) is 48.5 Å². The first-order chi connectivity index (χ1) is 19.0. The average Bonchev–Trinajstić information content (AvgIpc) is 2.91. The molecule has 1 heterocycles. The number of anilines is 1. The van der Waals surface area contributed by atoms with Crippen molar-refractivity contribution in [3.05, 3.63) is 65.2 Å². The molecule has 2 aromatic carbocycles. The lowest BCUT2D eigenvalue weighted by molar-refractivity contribution is -0.135. The van der Waals surface area contributed by atoms with Crippen molar-refractivity contribution < 1.29 is 18.0 Å². The summed E-state index contributed by atoms with van der Waals surface area (Å²) < 4.78 is 27.5. The second kappa shape index (κ2) is 14.6. The number of urea groups is 1. The Bertz CT molecular complexity index is 1220. The molecule has 0 spiro atoms. The zero-order valence-electron chi connectivity index (χ0n) is 24.7. The maximum absolute atomic E-state index is 13.9. The summed E-state index contributed by atoms with van der Waals surface area (Å²) in [5.41, 5.74) is 4.01. The number of benzene rings is 2. The number of sulfonamides is 1.